The minimum atomic E-state index is 0. The molecule has 0 atom stereocenters. The number of rotatable bonds is 0. The van der Waals surface area contributed by atoms with E-state index in [4.69, 9.17) is 0 Å². The Labute approximate surface area is 63.0 Å². The summed E-state index contributed by atoms with van der Waals surface area (Å²) in [4.78, 5) is 0. The minimum absolute atomic E-state index is 0. The van der Waals surface area contributed by atoms with Crippen molar-refractivity contribution in [2.45, 2.75) is 6.92 Å². The van der Waals surface area contributed by atoms with E-state index < -0.39 is 0 Å². The van der Waals surface area contributed by atoms with Gasteiger partial charge in [-0.25, -0.2) is 0 Å². The van der Waals surface area contributed by atoms with Gasteiger partial charge in [-0.05, 0) is 6.92 Å². The third kappa shape index (κ3) is 2.24. The van der Waals surface area contributed by atoms with Crippen molar-refractivity contribution < 1.29 is 19.8 Å². The molecule has 46 valence electrons. The molecule has 0 aliphatic heterocycles. The molecule has 0 aliphatic rings. The molecule has 1 aromatic rings. The van der Waals surface area contributed by atoms with Crippen molar-refractivity contribution in [3.05, 3.63) is 35.9 Å². The molecule has 0 heterocycles. The molecule has 0 nitrogen and oxygen atoms in total. The Morgan fingerprint density at radius 1 is 1.00 bits per heavy atom. The number of hydrogen-bond acceptors (Lipinski definition) is 0. The van der Waals surface area contributed by atoms with Crippen LogP contribution in [0, 0.1) is 6.92 Å². The standard InChI is InChI=1S/C7H8.Os.2H/c1-7-5-3-2-4-6-7;;;/h2-6H,1H3;;;. The molecular weight excluding hydrogens is 274 g/mol. The molecule has 1 heteroatoms. The van der Waals surface area contributed by atoms with Gasteiger partial charge in [0, 0.05) is 0 Å². The van der Waals surface area contributed by atoms with E-state index in [0.29, 0.717) is 0 Å². The van der Waals surface area contributed by atoms with Crippen molar-refractivity contribution in [2.24, 2.45) is 0 Å². The molecular formula is C7H10Os. The van der Waals surface area contributed by atoms with Crippen LogP contribution in [0.2, 0.25) is 0 Å². The van der Waals surface area contributed by atoms with Gasteiger partial charge in [0.2, 0.25) is 0 Å². The molecule has 0 unspecified atom stereocenters. The zero-order valence-corrected chi connectivity index (χ0v) is 7.73. The molecule has 1 rings (SSSR count). The van der Waals surface area contributed by atoms with E-state index in [9.17, 15) is 0 Å². The van der Waals surface area contributed by atoms with E-state index in [0.717, 1.165) is 0 Å². The fraction of sp³-hybridized carbons (Fsp3) is 0.143. The summed E-state index contributed by atoms with van der Waals surface area (Å²) in [6, 6.07) is 10.3. The monoisotopic (exact) mass is 286 g/mol. The second-order valence-electron chi connectivity index (χ2n) is 1.65. The number of benzene rings is 1. The van der Waals surface area contributed by atoms with Crippen LogP contribution in [0.25, 0.3) is 0 Å². The zero-order valence-electron chi connectivity index (χ0n) is 4.79. The van der Waals surface area contributed by atoms with Gasteiger partial charge in [0.15, 0.2) is 0 Å². The third-order valence-electron chi connectivity index (χ3n) is 0.940. The van der Waals surface area contributed by atoms with Crippen LogP contribution in [0.15, 0.2) is 30.3 Å². The SMILES string of the molecule is Cc1ccccc1.[OsH2]. The van der Waals surface area contributed by atoms with E-state index in [2.05, 4.69) is 19.1 Å². The van der Waals surface area contributed by atoms with Crippen LogP contribution >= 0.6 is 0 Å². The molecule has 0 spiro atoms. The maximum atomic E-state index is 2.08. The third-order valence-corrected chi connectivity index (χ3v) is 0.940. The van der Waals surface area contributed by atoms with Gasteiger partial charge >= 0.3 is 19.8 Å². The average molecular weight is 284 g/mol. The molecule has 0 saturated carbocycles. The first-order chi connectivity index (χ1) is 3.39. The second kappa shape index (κ2) is 3.81. The van der Waals surface area contributed by atoms with E-state index >= 15 is 0 Å². The normalized spacial score (nSPS) is 7.62. The van der Waals surface area contributed by atoms with Crippen molar-refractivity contribution in [1.29, 1.82) is 0 Å². The van der Waals surface area contributed by atoms with E-state index in [1.807, 2.05) is 18.2 Å². The molecule has 0 amide bonds. The predicted molar refractivity (Wildman–Crippen MR) is 34.0 cm³/mol. The molecule has 0 saturated heterocycles. The van der Waals surface area contributed by atoms with Gasteiger partial charge < -0.3 is 0 Å². The first kappa shape index (κ1) is 7.86. The molecule has 0 fully saturated rings. The topological polar surface area (TPSA) is 0 Å². The van der Waals surface area contributed by atoms with Gasteiger partial charge in [-0.3, -0.25) is 0 Å². The molecule has 1 aromatic carbocycles. The van der Waals surface area contributed by atoms with Crippen molar-refractivity contribution >= 4 is 0 Å². The summed E-state index contributed by atoms with van der Waals surface area (Å²) in [6.45, 7) is 2.08. The Morgan fingerprint density at radius 2 is 1.50 bits per heavy atom. The van der Waals surface area contributed by atoms with Crippen LogP contribution in [0.4, 0.5) is 0 Å². The molecule has 0 N–H and O–H groups in total. The van der Waals surface area contributed by atoms with Gasteiger partial charge in [-0.2, -0.15) is 0 Å². The first-order valence-corrected chi connectivity index (χ1v) is 2.41. The van der Waals surface area contributed by atoms with Crippen LogP contribution < -0.4 is 0 Å². The summed E-state index contributed by atoms with van der Waals surface area (Å²) in [5.74, 6) is 0. The maximum absolute atomic E-state index is 2.08. The molecule has 8 heavy (non-hydrogen) atoms. The molecule has 0 radical (unpaired) electrons. The summed E-state index contributed by atoms with van der Waals surface area (Å²) < 4.78 is 0. The Hall–Kier alpha value is -0.144. The van der Waals surface area contributed by atoms with Gasteiger partial charge in [-0.1, -0.05) is 35.9 Å². The fourth-order valence-corrected chi connectivity index (χ4v) is 0.534. The number of hydrogen-bond donors (Lipinski definition) is 0. The van der Waals surface area contributed by atoms with E-state index in [1.165, 1.54) is 5.56 Å². The van der Waals surface area contributed by atoms with Crippen LogP contribution in [0.3, 0.4) is 0 Å². The van der Waals surface area contributed by atoms with Gasteiger partial charge in [0.25, 0.3) is 0 Å². The summed E-state index contributed by atoms with van der Waals surface area (Å²) in [6.07, 6.45) is 0. The zero-order chi connectivity index (χ0) is 5.11. The van der Waals surface area contributed by atoms with Crippen LogP contribution in [0.1, 0.15) is 5.56 Å². The first-order valence-electron chi connectivity index (χ1n) is 2.41. The van der Waals surface area contributed by atoms with Crippen LogP contribution in [-0.4, -0.2) is 0 Å². The Kier molecular flexibility index (Phi) is 3.74. The van der Waals surface area contributed by atoms with Crippen molar-refractivity contribution in [2.75, 3.05) is 0 Å². The van der Waals surface area contributed by atoms with Crippen molar-refractivity contribution in [3.8, 4) is 0 Å². The van der Waals surface area contributed by atoms with Crippen LogP contribution in [0.5, 0.6) is 0 Å². The summed E-state index contributed by atoms with van der Waals surface area (Å²) in [5.41, 5.74) is 1.32. The van der Waals surface area contributed by atoms with Crippen LogP contribution in [-0.2, 0) is 19.8 Å². The molecule has 0 aromatic heterocycles. The van der Waals surface area contributed by atoms with E-state index in [1.54, 1.807) is 0 Å². The predicted octanol–water partition coefficient (Wildman–Crippen LogP) is 1.46. The Balaban J connectivity index is 0.000000490. The van der Waals surface area contributed by atoms with Crippen molar-refractivity contribution in [3.63, 3.8) is 0 Å². The number of aryl methyl sites for hydroxylation is 1. The second-order valence-corrected chi connectivity index (χ2v) is 1.65. The van der Waals surface area contributed by atoms with Gasteiger partial charge in [-0.15, -0.1) is 0 Å². The fourth-order valence-electron chi connectivity index (χ4n) is 0.534. The quantitative estimate of drug-likeness (QED) is 0.676. The van der Waals surface area contributed by atoms with Gasteiger partial charge in [0.05, 0.1) is 0 Å². The summed E-state index contributed by atoms with van der Waals surface area (Å²) in [5, 5.41) is 0. The molecule has 0 bridgehead atoms. The van der Waals surface area contributed by atoms with E-state index in [-0.39, 0.29) is 19.8 Å². The Morgan fingerprint density at radius 3 is 1.75 bits per heavy atom. The summed E-state index contributed by atoms with van der Waals surface area (Å²) in [7, 11) is 0. The average Bonchev–Trinajstić information content (AvgIpc) is 1.69. The summed E-state index contributed by atoms with van der Waals surface area (Å²) >= 11 is 0. The Bertz CT molecular complexity index is 134. The van der Waals surface area contributed by atoms with Crippen molar-refractivity contribution in [1.82, 2.24) is 0 Å². The van der Waals surface area contributed by atoms with Gasteiger partial charge in [0.1, 0.15) is 0 Å². The molecule has 0 aliphatic carbocycles.